The van der Waals surface area contributed by atoms with Gasteiger partial charge in [-0.25, -0.2) is 8.78 Å². The molecule has 0 aromatic heterocycles. The van der Waals surface area contributed by atoms with Crippen molar-refractivity contribution < 1.29 is 13.5 Å². The van der Waals surface area contributed by atoms with Gasteiger partial charge in [-0.05, 0) is 54.2 Å². The summed E-state index contributed by atoms with van der Waals surface area (Å²) in [5, 5.41) is 3.25. The van der Waals surface area contributed by atoms with E-state index in [0.717, 1.165) is 49.6 Å². The van der Waals surface area contributed by atoms with Gasteiger partial charge < -0.3 is 10.1 Å². The van der Waals surface area contributed by atoms with Crippen molar-refractivity contribution >= 4 is 0 Å². The van der Waals surface area contributed by atoms with E-state index in [1.165, 1.54) is 22.3 Å². The maximum absolute atomic E-state index is 12.3. The van der Waals surface area contributed by atoms with Crippen LogP contribution in [0.1, 0.15) is 41.2 Å². The van der Waals surface area contributed by atoms with Gasteiger partial charge in [0.25, 0.3) is 0 Å². The third-order valence-corrected chi connectivity index (χ3v) is 5.33. The van der Waals surface area contributed by atoms with Crippen molar-refractivity contribution in [3.8, 4) is 5.75 Å². The zero-order valence-electron chi connectivity index (χ0n) is 17.3. The Morgan fingerprint density at radius 1 is 1.17 bits per heavy atom. The molecule has 0 saturated carbocycles. The molecule has 0 saturated heterocycles. The highest BCUT2D eigenvalue weighted by Crippen LogP contribution is 2.30. The molecular weight excluding hydrogens is 370 g/mol. The number of rotatable bonds is 9. The summed E-state index contributed by atoms with van der Waals surface area (Å²) in [4.78, 5) is 2.44. The molecule has 0 spiro atoms. The van der Waals surface area contributed by atoms with E-state index in [2.05, 4.69) is 47.1 Å². The van der Waals surface area contributed by atoms with E-state index in [1.54, 1.807) is 0 Å². The maximum Gasteiger partial charge on any atom is 0.241 e. The number of halogens is 2. The summed E-state index contributed by atoms with van der Waals surface area (Å²) in [7, 11) is 0. The molecule has 0 atom stereocenters. The summed E-state index contributed by atoms with van der Waals surface area (Å²) < 4.78 is 30.2. The van der Waals surface area contributed by atoms with Crippen LogP contribution in [0.4, 0.5) is 8.78 Å². The average molecular weight is 401 g/mol. The Balaban J connectivity index is 1.58. The van der Waals surface area contributed by atoms with Gasteiger partial charge in [-0.2, -0.15) is 0 Å². The first kappa shape index (κ1) is 21.3. The zero-order chi connectivity index (χ0) is 20.8. The highest BCUT2D eigenvalue weighted by Gasteiger charge is 2.20. The van der Waals surface area contributed by atoms with Crippen LogP contribution in [0, 0.1) is 6.92 Å². The summed E-state index contributed by atoms with van der Waals surface area (Å²) in [5.41, 5.74) is 7.21. The Morgan fingerprint density at radius 3 is 2.59 bits per heavy atom. The highest BCUT2D eigenvalue weighted by atomic mass is 19.3. The lowest BCUT2D eigenvalue weighted by Crippen LogP contribution is -2.30. The Morgan fingerprint density at radius 2 is 1.90 bits per heavy atom. The number of nitrogens with one attached hydrogen (secondary N) is 1. The Labute approximate surface area is 172 Å². The minimum absolute atomic E-state index is 0.0568. The Bertz CT molecular complexity index is 834. The summed E-state index contributed by atoms with van der Waals surface area (Å²) in [6.07, 6.45) is -1.60. The molecule has 2 aromatic carbocycles. The minimum Gasteiger partial charge on any atom is -0.493 e. The maximum atomic E-state index is 12.3. The van der Waals surface area contributed by atoms with E-state index in [4.69, 9.17) is 4.74 Å². The molecule has 3 nitrogen and oxygen atoms in total. The molecule has 3 rings (SSSR count). The van der Waals surface area contributed by atoms with Gasteiger partial charge in [0, 0.05) is 38.3 Å². The number of ether oxygens (including phenoxy) is 1. The van der Waals surface area contributed by atoms with Gasteiger partial charge in [-0.1, -0.05) is 36.9 Å². The standard InChI is InChI=1S/C24H30F2N2O/c1-17(2)27-14-19-4-6-20(7-5-19)15-28-12-10-22-18(3)23(9-8-21(22)16-28)29-13-11-24(25)26/h4-9,24,27H,1,10-16H2,2-3H3. The van der Waals surface area contributed by atoms with Crippen LogP contribution in [0.25, 0.3) is 0 Å². The second-order valence-electron chi connectivity index (χ2n) is 7.77. The fourth-order valence-corrected chi connectivity index (χ4v) is 3.70. The van der Waals surface area contributed by atoms with Crippen molar-refractivity contribution in [3.05, 3.63) is 76.5 Å². The van der Waals surface area contributed by atoms with Crippen molar-refractivity contribution in [2.75, 3.05) is 13.2 Å². The van der Waals surface area contributed by atoms with Gasteiger partial charge in [-0.3, -0.25) is 4.90 Å². The lowest BCUT2D eigenvalue weighted by Gasteiger charge is -2.30. The molecule has 0 bridgehead atoms. The average Bonchev–Trinajstić information content (AvgIpc) is 2.69. The highest BCUT2D eigenvalue weighted by molar-refractivity contribution is 5.45. The summed E-state index contributed by atoms with van der Waals surface area (Å²) >= 11 is 0. The van der Waals surface area contributed by atoms with Gasteiger partial charge in [0.15, 0.2) is 0 Å². The van der Waals surface area contributed by atoms with Crippen LogP contribution >= 0.6 is 0 Å². The summed E-state index contributed by atoms with van der Waals surface area (Å²) in [5.74, 6) is 0.733. The first-order valence-electron chi connectivity index (χ1n) is 10.1. The van der Waals surface area contributed by atoms with E-state index in [1.807, 2.05) is 19.9 Å². The van der Waals surface area contributed by atoms with E-state index < -0.39 is 6.43 Å². The number of hydrogen-bond donors (Lipinski definition) is 1. The predicted octanol–water partition coefficient (Wildman–Crippen LogP) is 5.21. The molecule has 0 unspecified atom stereocenters. The first-order chi connectivity index (χ1) is 13.9. The van der Waals surface area contributed by atoms with Crippen molar-refractivity contribution in [1.29, 1.82) is 0 Å². The summed E-state index contributed by atoms with van der Waals surface area (Å²) in [6.45, 7) is 11.5. The summed E-state index contributed by atoms with van der Waals surface area (Å²) in [6, 6.07) is 12.7. The van der Waals surface area contributed by atoms with Crippen molar-refractivity contribution in [3.63, 3.8) is 0 Å². The molecule has 1 aliphatic heterocycles. The Kier molecular flexibility index (Phi) is 7.26. The molecule has 0 amide bonds. The third kappa shape index (κ3) is 6.04. The van der Waals surface area contributed by atoms with Gasteiger partial charge in [0.05, 0.1) is 6.61 Å². The zero-order valence-corrected chi connectivity index (χ0v) is 17.3. The van der Waals surface area contributed by atoms with Crippen LogP contribution in [0.15, 0.2) is 48.7 Å². The lowest BCUT2D eigenvalue weighted by atomic mass is 9.94. The largest absolute Gasteiger partial charge is 0.493 e. The van der Waals surface area contributed by atoms with Crippen molar-refractivity contribution in [2.24, 2.45) is 0 Å². The van der Waals surface area contributed by atoms with E-state index >= 15 is 0 Å². The predicted molar refractivity (Wildman–Crippen MR) is 113 cm³/mol. The van der Waals surface area contributed by atoms with Crippen molar-refractivity contribution in [1.82, 2.24) is 10.2 Å². The second-order valence-corrected chi connectivity index (χ2v) is 7.77. The fraction of sp³-hybridized carbons (Fsp3) is 0.417. The van der Waals surface area contributed by atoms with E-state index in [0.29, 0.717) is 0 Å². The number of alkyl halides is 2. The van der Waals surface area contributed by atoms with Gasteiger partial charge in [0.1, 0.15) is 5.75 Å². The van der Waals surface area contributed by atoms with Gasteiger partial charge >= 0.3 is 0 Å². The van der Waals surface area contributed by atoms with Crippen LogP contribution in [-0.2, 0) is 26.1 Å². The van der Waals surface area contributed by atoms with Crippen molar-refractivity contribution in [2.45, 2.75) is 52.7 Å². The monoisotopic (exact) mass is 400 g/mol. The molecule has 1 N–H and O–H groups in total. The Hall–Kier alpha value is -2.40. The van der Waals surface area contributed by atoms with Crippen LogP contribution in [0.2, 0.25) is 0 Å². The number of hydrogen-bond acceptors (Lipinski definition) is 3. The number of benzene rings is 2. The molecular formula is C24H30F2N2O. The topological polar surface area (TPSA) is 24.5 Å². The van der Waals surface area contributed by atoms with Crippen LogP contribution in [-0.4, -0.2) is 24.5 Å². The molecule has 5 heteroatoms. The molecule has 2 aromatic rings. The molecule has 156 valence electrons. The molecule has 0 aliphatic carbocycles. The third-order valence-electron chi connectivity index (χ3n) is 5.33. The number of allylic oxidation sites excluding steroid dienone is 1. The molecule has 29 heavy (non-hydrogen) atoms. The van der Waals surface area contributed by atoms with Crippen LogP contribution in [0.3, 0.4) is 0 Å². The quantitative estimate of drug-likeness (QED) is 0.625. The smallest absolute Gasteiger partial charge is 0.241 e. The van der Waals surface area contributed by atoms with Gasteiger partial charge in [0.2, 0.25) is 6.43 Å². The first-order valence-corrected chi connectivity index (χ1v) is 10.1. The molecule has 1 heterocycles. The van der Waals surface area contributed by atoms with Crippen LogP contribution < -0.4 is 10.1 Å². The molecule has 1 aliphatic rings. The molecule has 0 fully saturated rings. The fourth-order valence-electron chi connectivity index (χ4n) is 3.70. The normalized spacial score (nSPS) is 14.0. The lowest BCUT2D eigenvalue weighted by molar-refractivity contribution is 0.114. The second kappa shape index (κ2) is 9.88. The number of fused-ring (bicyclic) bond motifs is 1. The molecule has 0 radical (unpaired) electrons. The number of nitrogens with zero attached hydrogens (tertiary/aromatic N) is 1. The van der Waals surface area contributed by atoms with Gasteiger partial charge in [-0.15, -0.1) is 0 Å². The SMILES string of the molecule is C=C(C)NCc1ccc(CN2CCc3c(ccc(OCCC(F)F)c3C)C2)cc1. The van der Waals surface area contributed by atoms with Crippen LogP contribution in [0.5, 0.6) is 5.75 Å². The van der Waals surface area contributed by atoms with E-state index in [-0.39, 0.29) is 13.0 Å². The van der Waals surface area contributed by atoms with E-state index in [9.17, 15) is 8.78 Å². The minimum atomic E-state index is -2.32.